The fourth-order valence-electron chi connectivity index (χ4n) is 2.40. The summed E-state index contributed by atoms with van der Waals surface area (Å²) in [4.78, 5) is 14.2. The first-order valence-corrected chi connectivity index (χ1v) is 6.62. The smallest absolute Gasteiger partial charge is 0.239 e. The molecule has 106 valence electrons. The lowest BCUT2D eigenvalue weighted by Gasteiger charge is -2.38. The Hall–Kier alpha value is -1.37. The maximum Gasteiger partial charge on any atom is 0.239 e. The average Bonchev–Trinajstić information content (AvgIpc) is 2.94. The summed E-state index contributed by atoms with van der Waals surface area (Å²) in [7, 11) is 0. The second-order valence-corrected chi connectivity index (χ2v) is 4.49. The largest absolute Gasteiger partial charge is 0.468 e. The molecule has 1 aliphatic heterocycles. The van der Waals surface area contributed by atoms with Crippen molar-refractivity contribution in [2.75, 3.05) is 32.8 Å². The van der Waals surface area contributed by atoms with Crippen molar-refractivity contribution in [3.8, 4) is 0 Å². The van der Waals surface area contributed by atoms with Crippen molar-refractivity contribution in [2.24, 2.45) is 5.73 Å². The first kappa shape index (κ1) is 14.0. The summed E-state index contributed by atoms with van der Waals surface area (Å²) in [5.74, 6) is 0.769. The van der Waals surface area contributed by atoms with Crippen LogP contribution in [-0.2, 0) is 9.53 Å². The summed E-state index contributed by atoms with van der Waals surface area (Å²) in [6.07, 6.45) is 1.62. The summed E-state index contributed by atoms with van der Waals surface area (Å²) in [5, 5.41) is 2.84. The third kappa shape index (κ3) is 3.15. The molecule has 6 heteroatoms. The molecular formula is C13H21N3O3. The normalized spacial score (nSPS) is 22.1. The van der Waals surface area contributed by atoms with Gasteiger partial charge in [0.2, 0.25) is 5.91 Å². The standard InChI is InChI=1S/C13H21N3O3/c1-2-15-13(17)11-9-18-7-5-16(11)10(8-14)12-4-3-6-19-12/h3-4,6,10-11H,2,5,7-9,14H2,1H3,(H,15,17). The Morgan fingerprint density at radius 3 is 3.16 bits per heavy atom. The number of ether oxygens (including phenoxy) is 1. The van der Waals surface area contributed by atoms with Gasteiger partial charge in [0.1, 0.15) is 11.8 Å². The molecule has 0 bridgehead atoms. The van der Waals surface area contributed by atoms with Crippen LogP contribution in [-0.4, -0.2) is 49.7 Å². The fourth-order valence-corrected chi connectivity index (χ4v) is 2.40. The molecule has 3 N–H and O–H groups in total. The lowest BCUT2D eigenvalue weighted by molar-refractivity contribution is -0.134. The van der Waals surface area contributed by atoms with Gasteiger partial charge in [-0.2, -0.15) is 0 Å². The minimum absolute atomic E-state index is 0.0211. The zero-order chi connectivity index (χ0) is 13.7. The Bertz CT molecular complexity index is 394. The Labute approximate surface area is 112 Å². The van der Waals surface area contributed by atoms with Crippen LogP contribution in [0.1, 0.15) is 18.7 Å². The van der Waals surface area contributed by atoms with Crippen LogP contribution in [0.25, 0.3) is 0 Å². The Morgan fingerprint density at radius 1 is 1.68 bits per heavy atom. The minimum atomic E-state index is -0.313. The first-order chi connectivity index (χ1) is 9.27. The molecule has 1 aliphatic rings. The van der Waals surface area contributed by atoms with E-state index < -0.39 is 0 Å². The predicted octanol–water partition coefficient (Wildman–Crippen LogP) is 0.116. The van der Waals surface area contributed by atoms with E-state index in [1.165, 1.54) is 0 Å². The molecule has 2 atom stereocenters. The van der Waals surface area contributed by atoms with E-state index in [4.69, 9.17) is 14.9 Å². The van der Waals surface area contributed by atoms with Gasteiger partial charge >= 0.3 is 0 Å². The monoisotopic (exact) mass is 267 g/mol. The number of rotatable bonds is 5. The van der Waals surface area contributed by atoms with Gasteiger partial charge in [-0.3, -0.25) is 9.69 Å². The summed E-state index contributed by atoms with van der Waals surface area (Å²) in [6, 6.07) is 3.32. The van der Waals surface area contributed by atoms with Gasteiger partial charge < -0.3 is 20.2 Å². The van der Waals surface area contributed by atoms with E-state index in [-0.39, 0.29) is 18.0 Å². The van der Waals surface area contributed by atoms with Crippen molar-refractivity contribution in [1.29, 1.82) is 0 Å². The number of nitrogens with one attached hydrogen (secondary N) is 1. The molecule has 2 rings (SSSR count). The highest BCUT2D eigenvalue weighted by molar-refractivity contribution is 5.82. The molecule has 0 aromatic carbocycles. The van der Waals surface area contributed by atoms with E-state index >= 15 is 0 Å². The van der Waals surface area contributed by atoms with Gasteiger partial charge in [0.05, 0.1) is 25.5 Å². The highest BCUT2D eigenvalue weighted by Crippen LogP contribution is 2.24. The van der Waals surface area contributed by atoms with Gasteiger partial charge in [-0.25, -0.2) is 0 Å². The summed E-state index contributed by atoms with van der Waals surface area (Å²) < 4.78 is 10.9. The van der Waals surface area contributed by atoms with E-state index in [1.54, 1.807) is 6.26 Å². The molecule has 2 heterocycles. The van der Waals surface area contributed by atoms with Crippen LogP contribution in [0.2, 0.25) is 0 Å². The average molecular weight is 267 g/mol. The zero-order valence-electron chi connectivity index (χ0n) is 11.2. The highest BCUT2D eigenvalue weighted by atomic mass is 16.5. The van der Waals surface area contributed by atoms with Crippen molar-refractivity contribution in [3.05, 3.63) is 24.2 Å². The third-order valence-corrected chi connectivity index (χ3v) is 3.32. The van der Waals surface area contributed by atoms with Crippen molar-refractivity contribution < 1.29 is 13.9 Å². The van der Waals surface area contributed by atoms with Gasteiger partial charge in [0.15, 0.2) is 0 Å². The van der Waals surface area contributed by atoms with E-state index in [9.17, 15) is 4.79 Å². The number of nitrogens with two attached hydrogens (primary N) is 1. The van der Waals surface area contributed by atoms with Crippen molar-refractivity contribution in [3.63, 3.8) is 0 Å². The molecule has 19 heavy (non-hydrogen) atoms. The van der Waals surface area contributed by atoms with E-state index in [2.05, 4.69) is 10.2 Å². The zero-order valence-corrected chi connectivity index (χ0v) is 11.2. The Kier molecular flexibility index (Phi) is 4.95. The van der Waals surface area contributed by atoms with Crippen LogP contribution >= 0.6 is 0 Å². The number of carbonyl (C=O) groups excluding carboxylic acids is 1. The predicted molar refractivity (Wildman–Crippen MR) is 70.5 cm³/mol. The van der Waals surface area contributed by atoms with Gasteiger partial charge in [-0.15, -0.1) is 0 Å². The minimum Gasteiger partial charge on any atom is -0.468 e. The van der Waals surface area contributed by atoms with Crippen LogP contribution < -0.4 is 11.1 Å². The quantitative estimate of drug-likeness (QED) is 0.792. The first-order valence-electron chi connectivity index (χ1n) is 6.62. The van der Waals surface area contributed by atoms with Crippen molar-refractivity contribution in [1.82, 2.24) is 10.2 Å². The Balaban J connectivity index is 2.15. The van der Waals surface area contributed by atoms with E-state index in [0.29, 0.717) is 32.8 Å². The fraction of sp³-hybridized carbons (Fsp3) is 0.615. The third-order valence-electron chi connectivity index (χ3n) is 3.32. The van der Waals surface area contributed by atoms with Crippen LogP contribution in [0.15, 0.2) is 22.8 Å². The molecule has 1 aromatic rings. The SMILES string of the molecule is CCNC(=O)C1COCCN1C(CN)c1ccco1. The topological polar surface area (TPSA) is 80.7 Å². The maximum absolute atomic E-state index is 12.1. The van der Waals surface area contributed by atoms with Gasteiger partial charge in [0, 0.05) is 19.6 Å². The van der Waals surface area contributed by atoms with E-state index in [0.717, 1.165) is 5.76 Å². The molecule has 1 fully saturated rings. The molecule has 0 radical (unpaired) electrons. The van der Waals surface area contributed by atoms with E-state index in [1.807, 2.05) is 19.1 Å². The van der Waals surface area contributed by atoms with Crippen molar-refractivity contribution >= 4 is 5.91 Å². The number of nitrogens with zero attached hydrogens (tertiary/aromatic N) is 1. The highest BCUT2D eigenvalue weighted by Gasteiger charge is 2.35. The number of carbonyl (C=O) groups is 1. The lowest BCUT2D eigenvalue weighted by atomic mass is 10.1. The summed E-state index contributed by atoms with van der Waals surface area (Å²) in [6.45, 7) is 4.58. The molecule has 0 saturated carbocycles. The van der Waals surface area contributed by atoms with Gasteiger partial charge in [0.25, 0.3) is 0 Å². The van der Waals surface area contributed by atoms with Gasteiger partial charge in [-0.1, -0.05) is 0 Å². The number of hydrogen-bond donors (Lipinski definition) is 2. The van der Waals surface area contributed by atoms with Crippen molar-refractivity contribution in [2.45, 2.75) is 19.0 Å². The molecule has 0 aliphatic carbocycles. The van der Waals surface area contributed by atoms with Crippen LogP contribution in [0, 0.1) is 0 Å². The molecule has 6 nitrogen and oxygen atoms in total. The Morgan fingerprint density at radius 2 is 2.53 bits per heavy atom. The lowest BCUT2D eigenvalue weighted by Crippen LogP contribution is -2.55. The number of likely N-dealkylation sites (N-methyl/N-ethyl adjacent to an activating group) is 1. The second-order valence-electron chi connectivity index (χ2n) is 4.49. The summed E-state index contributed by atoms with van der Waals surface area (Å²) >= 11 is 0. The molecule has 2 unspecified atom stereocenters. The van der Waals surface area contributed by atoms with Crippen LogP contribution in [0.4, 0.5) is 0 Å². The number of hydrogen-bond acceptors (Lipinski definition) is 5. The van der Waals surface area contributed by atoms with Gasteiger partial charge in [-0.05, 0) is 19.1 Å². The molecule has 0 spiro atoms. The maximum atomic E-state index is 12.1. The number of morpholine rings is 1. The second kappa shape index (κ2) is 6.70. The molecule has 1 saturated heterocycles. The van der Waals surface area contributed by atoms with Crippen LogP contribution in [0.3, 0.4) is 0 Å². The molecule has 1 aromatic heterocycles. The molecular weight excluding hydrogens is 246 g/mol. The van der Waals surface area contributed by atoms with Crippen LogP contribution in [0.5, 0.6) is 0 Å². The molecule has 1 amide bonds. The number of furan rings is 1. The number of amides is 1. The summed E-state index contributed by atoms with van der Waals surface area (Å²) in [5.41, 5.74) is 5.86.